The molecule has 0 atom stereocenters. The highest BCUT2D eigenvalue weighted by Crippen LogP contribution is 2.18. The largest absolute Gasteiger partial charge is 0.478 e. The number of aryl methyl sites for hydroxylation is 1. The van der Waals surface area contributed by atoms with Crippen molar-refractivity contribution in [3.8, 4) is 0 Å². The first-order valence-electron chi connectivity index (χ1n) is 10.2. The maximum Gasteiger partial charge on any atom is 0.337 e. The van der Waals surface area contributed by atoms with Crippen LogP contribution >= 0.6 is 0 Å². The molecule has 2 aromatic carbocycles. The number of unbranched alkanes of at least 4 members (excludes halogenated alkanes) is 4. The van der Waals surface area contributed by atoms with Gasteiger partial charge in [-0.05, 0) is 30.5 Å². The fraction of sp³-hybridized carbons (Fsp3) is 0.435. The first-order chi connectivity index (χ1) is 13.9. The third-order valence-corrected chi connectivity index (χ3v) is 5.66. The van der Waals surface area contributed by atoms with Crippen molar-refractivity contribution >= 4 is 16.1 Å². The van der Waals surface area contributed by atoms with Gasteiger partial charge in [0, 0.05) is 0 Å². The molecule has 0 radical (unpaired) electrons. The molecule has 0 fully saturated rings. The highest BCUT2D eigenvalue weighted by molar-refractivity contribution is 7.86. The Balaban J connectivity index is 0.000000516. The van der Waals surface area contributed by atoms with Gasteiger partial charge in [-0.3, -0.25) is 4.18 Å². The Hall–Kier alpha value is -2.18. The Morgan fingerprint density at radius 1 is 0.862 bits per heavy atom. The molecule has 0 aromatic heterocycles. The second-order valence-electron chi connectivity index (χ2n) is 6.73. The SMILES string of the molecule is CCCCCCC.O=C(O)c1ccccc1S(=O)(=O)OCCCc1ccccc1. The molecule has 0 saturated heterocycles. The van der Waals surface area contributed by atoms with Gasteiger partial charge in [0.05, 0.1) is 12.2 Å². The van der Waals surface area contributed by atoms with Gasteiger partial charge < -0.3 is 5.11 Å². The quantitative estimate of drug-likeness (QED) is 0.372. The zero-order chi connectivity index (χ0) is 21.5. The molecule has 5 nitrogen and oxygen atoms in total. The zero-order valence-corrected chi connectivity index (χ0v) is 18.2. The van der Waals surface area contributed by atoms with Gasteiger partial charge in [0.1, 0.15) is 4.90 Å². The van der Waals surface area contributed by atoms with E-state index >= 15 is 0 Å². The summed E-state index contributed by atoms with van der Waals surface area (Å²) >= 11 is 0. The van der Waals surface area contributed by atoms with Gasteiger partial charge in [-0.2, -0.15) is 8.42 Å². The van der Waals surface area contributed by atoms with Crippen LogP contribution in [-0.4, -0.2) is 26.1 Å². The zero-order valence-electron chi connectivity index (χ0n) is 17.3. The number of aromatic carboxylic acids is 1. The predicted octanol–water partition coefficient (Wildman–Crippen LogP) is 5.70. The van der Waals surface area contributed by atoms with E-state index in [1.807, 2.05) is 30.3 Å². The first-order valence-corrected chi connectivity index (χ1v) is 11.6. The van der Waals surface area contributed by atoms with E-state index in [0.29, 0.717) is 12.8 Å². The fourth-order valence-electron chi connectivity index (χ4n) is 2.69. The average Bonchev–Trinajstić information content (AvgIpc) is 2.73. The lowest BCUT2D eigenvalue weighted by Crippen LogP contribution is -2.13. The maximum atomic E-state index is 12.1. The van der Waals surface area contributed by atoms with Crippen LogP contribution in [0.1, 0.15) is 68.3 Å². The molecule has 0 unspecified atom stereocenters. The summed E-state index contributed by atoms with van der Waals surface area (Å²) in [4.78, 5) is 10.7. The third kappa shape index (κ3) is 9.72. The van der Waals surface area contributed by atoms with Gasteiger partial charge in [-0.25, -0.2) is 4.79 Å². The predicted molar refractivity (Wildman–Crippen MR) is 116 cm³/mol. The van der Waals surface area contributed by atoms with Gasteiger partial charge >= 0.3 is 5.97 Å². The number of carboxylic acid groups (broad SMARTS) is 1. The topological polar surface area (TPSA) is 80.7 Å². The van der Waals surface area contributed by atoms with E-state index in [4.69, 9.17) is 9.29 Å². The summed E-state index contributed by atoms with van der Waals surface area (Å²) in [6.45, 7) is 4.50. The van der Waals surface area contributed by atoms with Gasteiger partial charge in [0.15, 0.2) is 0 Å². The molecule has 160 valence electrons. The Labute approximate surface area is 174 Å². The summed E-state index contributed by atoms with van der Waals surface area (Å²) in [5.74, 6) is -1.30. The minimum absolute atomic E-state index is 0.00514. The van der Waals surface area contributed by atoms with Crippen molar-refractivity contribution in [2.24, 2.45) is 0 Å². The Morgan fingerprint density at radius 3 is 2.03 bits per heavy atom. The molecule has 0 saturated carbocycles. The van der Waals surface area contributed by atoms with Gasteiger partial charge in [0.2, 0.25) is 0 Å². The monoisotopic (exact) mass is 420 g/mol. The summed E-state index contributed by atoms with van der Waals surface area (Å²) < 4.78 is 29.1. The number of hydrogen-bond acceptors (Lipinski definition) is 4. The van der Waals surface area contributed by atoms with Crippen LogP contribution in [0.2, 0.25) is 0 Å². The third-order valence-electron chi connectivity index (χ3n) is 4.29. The minimum atomic E-state index is -4.07. The fourth-order valence-corrected chi connectivity index (χ4v) is 3.83. The molecular formula is C23H32O5S. The Morgan fingerprint density at radius 2 is 1.45 bits per heavy atom. The van der Waals surface area contributed by atoms with Crippen LogP contribution < -0.4 is 0 Å². The van der Waals surface area contributed by atoms with Crippen LogP contribution in [0, 0.1) is 0 Å². The van der Waals surface area contributed by atoms with Crippen molar-refractivity contribution in [2.75, 3.05) is 6.61 Å². The normalized spacial score (nSPS) is 10.8. The van der Waals surface area contributed by atoms with Crippen LogP contribution in [-0.2, 0) is 20.7 Å². The number of carbonyl (C=O) groups is 1. The summed E-state index contributed by atoms with van der Waals surface area (Å²) in [5, 5.41) is 9.03. The van der Waals surface area contributed by atoms with Crippen molar-refractivity contribution in [1.29, 1.82) is 0 Å². The molecule has 0 heterocycles. The standard InChI is InChI=1S/C16H16O5S.C7H16/c17-16(18)14-10-4-5-11-15(14)22(19,20)21-12-6-9-13-7-2-1-3-8-13;1-3-5-7-6-4-2/h1-5,7-8,10-11H,6,9,12H2,(H,17,18);3-7H2,1-2H3. The second kappa shape index (κ2) is 13.9. The van der Waals surface area contributed by atoms with Gasteiger partial charge in [0.25, 0.3) is 10.1 Å². The lowest BCUT2D eigenvalue weighted by molar-refractivity contribution is 0.0692. The summed E-state index contributed by atoms with van der Waals surface area (Å²) in [7, 11) is -4.07. The highest BCUT2D eigenvalue weighted by atomic mass is 32.2. The molecule has 0 aliphatic carbocycles. The molecule has 0 aliphatic heterocycles. The smallest absolute Gasteiger partial charge is 0.337 e. The highest BCUT2D eigenvalue weighted by Gasteiger charge is 2.22. The van der Waals surface area contributed by atoms with Crippen molar-refractivity contribution in [1.82, 2.24) is 0 Å². The molecule has 29 heavy (non-hydrogen) atoms. The molecule has 6 heteroatoms. The van der Waals surface area contributed by atoms with E-state index in [-0.39, 0.29) is 17.1 Å². The van der Waals surface area contributed by atoms with E-state index in [1.165, 1.54) is 56.4 Å². The van der Waals surface area contributed by atoms with E-state index in [2.05, 4.69) is 13.8 Å². The van der Waals surface area contributed by atoms with E-state index in [1.54, 1.807) is 0 Å². The first kappa shape index (κ1) is 24.9. The number of benzene rings is 2. The molecule has 0 aliphatic rings. The summed E-state index contributed by atoms with van der Waals surface area (Å²) in [6.07, 6.45) is 8.23. The van der Waals surface area contributed by atoms with Crippen LogP contribution in [0.25, 0.3) is 0 Å². The van der Waals surface area contributed by atoms with E-state index in [9.17, 15) is 13.2 Å². The van der Waals surface area contributed by atoms with Gasteiger partial charge in [-0.15, -0.1) is 0 Å². The number of rotatable bonds is 11. The lowest BCUT2D eigenvalue weighted by atomic mass is 10.1. The van der Waals surface area contributed by atoms with Crippen LogP contribution in [0.15, 0.2) is 59.5 Å². The molecule has 1 N–H and O–H groups in total. The van der Waals surface area contributed by atoms with Crippen LogP contribution in [0.4, 0.5) is 0 Å². The van der Waals surface area contributed by atoms with Crippen molar-refractivity contribution in [3.63, 3.8) is 0 Å². The van der Waals surface area contributed by atoms with Crippen molar-refractivity contribution < 1.29 is 22.5 Å². The minimum Gasteiger partial charge on any atom is -0.478 e. The maximum absolute atomic E-state index is 12.1. The Kier molecular flexibility index (Phi) is 11.9. The van der Waals surface area contributed by atoms with Crippen LogP contribution in [0.3, 0.4) is 0 Å². The summed E-state index contributed by atoms with van der Waals surface area (Å²) in [5.41, 5.74) is 0.806. The molecular weight excluding hydrogens is 388 g/mol. The number of carboxylic acids is 1. The summed E-state index contributed by atoms with van der Waals surface area (Å²) in [6, 6.07) is 15.0. The van der Waals surface area contributed by atoms with E-state index < -0.39 is 16.1 Å². The Bertz CT molecular complexity index is 812. The van der Waals surface area contributed by atoms with Gasteiger partial charge in [-0.1, -0.05) is 88.4 Å². The van der Waals surface area contributed by atoms with Crippen molar-refractivity contribution in [2.45, 2.75) is 63.7 Å². The lowest BCUT2D eigenvalue weighted by Gasteiger charge is -2.08. The number of hydrogen-bond donors (Lipinski definition) is 1. The van der Waals surface area contributed by atoms with Crippen molar-refractivity contribution in [3.05, 3.63) is 65.7 Å². The van der Waals surface area contributed by atoms with E-state index in [0.717, 1.165) is 5.56 Å². The second-order valence-corrected chi connectivity index (χ2v) is 8.31. The van der Waals surface area contributed by atoms with Crippen LogP contribution in [0.5, 0.6) is 0 Å². The molecule has 2 aromatic rings. The molecule has 0 amide bonds. The molecule has 2 rings (SSSR count). The average molecular weight is 421 g/mol. The molecule has 0 bridgehead atoms. The molecule has 0 spiro atoms.